The van der Waals surface area contributed by atoms with E-state index in [-0.39, 0.29) is 10.8 Å². The van der Waals surface area contributed by atoms with Gasteiger partial charge in [0.25, 0.3) is 0 Å². The Morgan fingerprint density at radius 2 is 0.976 bits per heavy atom. The van der Waals surface area contributed by atoms with Crippen molar-refractivity contribution in [1.82, 2.24) is 24.1 Å². The van der Waals surface area contributed by atoms with Gasteiger partial charge in [0, 0.05) is 21.5 Å². The molecule has 0 aliphatic heterocycles. The molecule has 7 rings (SSSR count). The number of aromatic nitrogens is 5. The highest BCUT2D eigenvalue weighted by Crippen LogP contribution is 2.41. The molecule has 0 fully saturated rings. The summed E-state index contributed by atoms with van der Waals surface area (Å²) in [5.74, 6) is 1.94. The average Bonchev–Trinajstić information content (AvgIpc) is 3.44. The van der Waals surface area contributed by atoms with Crippen molar-refractivity contribution in [3.63, 3.8) is 0 Å². The van der Waals surface area contributed by atoms with Crippen LogP contribution in [0.25, 0.3) is 55.5 Å². The lowest BCUT2D eigenvalue weighted by Gasteiger charge is -2.26. The van der Waals surface area contributed by atoms with Crippen LogP contribution in [0.2, 0.25) is 0 Å². The van der Waals surface area contributed by atoms with Gasteiger partial charge in [-0.1, -0.05) is 102 Å². The summed E-state index contributed by atoms with van der Waals surface area (Å²) < 4.78 is 4.42. The summed E-state index contributed by atoms with van der Waals surface area (Å²) in [7, 11) is 0. The molecule has 0 spiro atoms. The number of rotatable bonds is 2. The van der Waals surface area contributed by atoms with E-state index in [1.165, 1.54) is 32.7 Å². The maximum absolute atomic E-state index is 5.22. The van der Waals surface area contributed by atoms with E-state index in [0.717, 1.165) is 22.1 Å². The van der Waals surface area contributed by atoms with Gasteiger partial charge in [0.05, 0.1) is 22.1 Å². The predicted molar refractivity (Wildman–Crippen MR) is 171 cm³/mol. The van der Waals surface area contributed by atoms with E-state index in [1.807, 2.05) is 6.92 Å². The molecular formula is C36H35N5. The second kappa shape index (κ2) is 8.74. The lowest BCUT2D eigenvalue weighted by atomic mass is 9.79. The molecule has 3 aromatic heterocycles. The van der Waals surface area contributed by atoms with E-state index in [0.29, 0.717) is 17.7 Å². The zero-order valence-corrected chi connectivity index (χ0v) is 24.8. The highest BCUT2D eigenvalue weighted by atomic mass is 15.3. The van der Waals surface area contributed by atoms with Crippen LogP contribution in [-0.2, 0) is 10.8 Å². The second-order valence-electron chi connectivity index (χ2n) is 13.1. The first-order chi connectivity index (χ1) is 19.5. The minimum Gasteiger partial charge on any atom is -0.278 e. The number of para-hydroxylation sites is 3. The smallest absolute Gasteiger partial charge is 0.239 e. The fraction of sp³-hybridized carbons (Fsp3) is 0.250. The zero-order chi connectivity index (χ0) is 28.7. The topological polar surface area (TPSA) is 48.5 Å². The van der Waals surface area contributed by atoms with Crippen LogP contribution in [0.1, 0.15) is 58.5 Å². The van der Waals surface area contributed by atoms with Crippen LogP contribution < -0.4 is 0 Å². The molecular weight excluding hydrogens is 502 g/mol. The molecule has 0 radical (unpaired) electrons. The third kappa shape index (κ3) is 3.94. The fourth-order valence-corrected chi connectivity index (χ4v) is 6.10. The highest BCUT2D eigenvalue weighted by molar-refractivity contribution is 6.11. The van der Waals surface area contributed by atoms with Crippen LogP contribution in [-0.4, -0.2) is 24.1 Å². The van der Waals surface area contributed by atoms with Gasteiger partial charge in [0.1, 0.15) is 5.82 Å². The van der Waals surface area contributed by atoms with Crippen LogP contribution in [0.5, 0.6) is 0 Å². The molecule has 0 N–H and O–H groups in total. The third-order valence-electron chi connectivity index (χ3n) is 8.15. The predicted octanol–water partition coefficient (Wildman–Crippen LogP) is 8.97. The van der Waals surface area contributed by atoms with E-state index in [9.17, 15) is 0 Å². The van der Waals surface area contributed by atoms with Gasteiger partial charge >= 0.3 is 0 Å². The summed E-state index contributed by atoms with van der Waals surface area (Å²) in [5.41, 5.74) is 6.95. The van der Waals surface area contributed by atoms with Crippen molar-refractivity contribution in [2.24, 2.45) is 0 Å². The molecule has 0 atom stereocenters. The monoisotopic (exact) mass is 537 g/mol. The van der Waals surface area contributed by atoms with Crippen LogP contribution in [0.4, 0.5) is 0 Å². The Balaban J connectivity index is 1.60. The molecule has 0 aliphatic carbocycles. The number of benzene rings is 4. The van der Waals surface area contributed by atoms with Crippen molar-refractivity contribution in [2.75, 3.05) is 0 Å². The maximum atomic E-state index is 5.22. The number of hydrogen-bond acceptors (Lipinski definition) is 3. The minimum absolute atomic E-state index is 0.0187. The largest absolute Gasteiger partial charge is 0.278 e. The molecule has 204 valence electrons. The number of fused-ring (bicyclic) bond motifs is 6. The molecule has 0 aliphatic rings. The third-order valence-corrected chi connectivity index (χ3v) is 8.15. The van der Waals surface area contributed by atoms with E-state index in [1.54, 1.807) is 0 Å². The molecule has 0 saturated carbocycles. The van der Waals surface area contributed by atoms with Crippen LogP contribution >= 0.6 is 0 Å². The first-order valence-corrected chi connectivity index (χ1v) is 14.3. The van der Waals surface area contributed by atoms with Crippen LogP contribution in [0.15, 0.2) is 84.9 Å². The molecule has 0 amide bonds. The van der Waals surface area contributed by atoms with Gasteiger partial charge in [-0.15, -0.1) is 0 Å². The summed E-state index contributed by atoms with van der Waals surface area (Å²) >= 11 is 0. The molecule has 4 aromatic carbocycles. The Labute approximate surface area is 240 Å². The van der Waals surface area contributed by atoms with Crippen molar-refractivity contribution < 1.29 is 0 Å². The van der Waals surface area contributed by atoms with Gasteiger partial charge in [-0.05, 0) is 53.1 Å². The maximum Gasteiger partial charge on any atom is 0.239 e. The first-order valence-electron chi connectivity index (χ1n) is 14.3. The summed E-state index contributed by atoms with van der Waals surface area (Å²) in [5, 5.41) is 4.80. The van der Waals surface area contributed by atoms with Crippen molar-refractivity contribution in [1.29, 1.82) is 0 Å². The van der Waals surface area contributed by atoms with Crippen LogP contribution in [0, 0.1) is 6.92 Å². The Morgan fingerprint density at radius 3 is 1.49 bits per heavy atom. The van der Waals surface area contributed by atoms with Gasteiger partial charge in [0.2, 0.25) is 11.9 Å². The van der Waals surface area contributed by atoms with Gasteiger partial charge < -0.3 is 0 Å². The second-order valence-corrected chi connectivity index (χ2v) is 13.1. The first kappa shape index (κ1) is 25.5. The molecule has 0 bridgehead atoms. The molecule has 5 nitrogen and oxygen atoms in total. The quantitative estimate of drug-likeness (QED) is 0.221. The van der Waals surface area contributed by atoms with E-state index in [2.05, 4.69) is 136 Å². The van der Waals surface area contributed by atoms with Gasteiger partial charge in [-0.2, -0.15) is 15.0 Å². The van der Waals surface area contributed by atoms with Gasteiger partial charge in [-0.3, -0.25) is 9.13 Å². The lowest BCUT2D eigenvalue weighted by Crippen LogP contribution is -2.18. The summed E-state index contributed by atoms with van der Waals surface area (Å²) in [4.78, 5) is 15.1. The fourth-order valence-electron chi connectivity index (χ4n) is 6.10. The van der Waals surface area contributed by atoms with Crippen molar-refractivity contribution in [2.45, 2.75) is 59.3 Å². The van der Waals surface area contributed by atoms with Crippen molar-refractivity contribution >= 4 is 43.6 Å². The van der Waals surface area contributed by atoms with Crippen molar-refractivity contribution in [3.05, 3.63) is 102 Å². The minimum atomic E-state index is -0.0939. The Morgan fingerprint density at radius 1 is 0.512 bits per heavy atom. The normalized spacial score (nSPS) is 12.8. The molecule has 7 aromatic rings. The Kier molecular flexibility index (Phi) is 5.43. The molecule has 0 unspecified atom stereocenters. The zero-order valence-electron chi connectivity index (χ0n) is 24.8. The number of hydrogen-bond donors (Lipinski definition) is 0. The van der Waals surface area contributed by atoms with Crippen LogP contribution in [0.3, 0.4) is 0 Å². The van der Waals surface area contributed by atoms with E-state index in [4.69, 9.17) is 15.0 Å². The lowest BCUT2D eigenvalue weighted by molar-refractivity contribution is 0.572. The molecule has 41 heavy (non-hydrogen) atoms. The molecule has 5 heteroatoms. The highest BCUT2D eigenvalue weighted by Gasteiger charge is 2.27. The Hall–Kier alpha value is -4.51. The average molecular weight is 538 g/mol. The number of aryl methyl sites for hydroxylation is 1. The molecule has 3 heterocycles. The van der Waals surface area contributed by atoms with Gasteiger partial charge in [0.15, 0.2) is 0 Å². The van der Waals surface area contributed by atoms with E-state index < -0.39 is 0 Å². The Bertz CT molecular complexity index is 2080. The number of nitrogens with zero attached hydrogens (tertiary/aromatic N) is 5. The standard InChI is InChI=1S/C36H35N5/c1-22-37-33(40-29-17-11-8-14-24(29)25-15-9-12-18-30(25)40)39-34(38-22)41-31-19-13-10-16-26(31)27-20-23(35(2,3)4)21-28(32(27)41)36(5,6)7/h8-21H,1-7H3. The summed E-state index contributed by atoms with van der Waals surface area (Å²) in [6.07, 6.45) is 0. The SMILES string of the molecule is Cc1nc(-n2c3ccccc3c3ccccc32)nc(-n2c3ccccc3c3cc(C(C)(C)C)cc(C(C)(C)C)c32)n1. The summed E-state index contributed by atoms with van der Waals surface area (Å²) in [6.45, 7) is 15.7. The van der Waals surface area contributed by atoms with Gasteiger partial charge in [-0.25, -0.2) is 0 Å². The summed E-state index contributed by atoms with van der Waals surface area (Å²) in [6, 6.07) is 30.3. The van der Waals surface area contributed by atoms with Crippen molar-refractivity contribution in [3.8, 4) is 11.9 Å². The van der Waals surface area contributed by atoms with E-state index >= 15 is 0 Å². The molecule has 0 saturated heterocycles.